The summed E-state index contributed by atoms with van der Waals surface area (Å²) in [4.78, 5) is 25.7. The highest BCUT2D eigenvalue weighted by Gasteiger charge is 2.21. The quantitative estimate of drug-likeness (QED) is 0.810. The van der Waals surface area contributed by atoms with Crippen LogP contribution in [0.25, 0.3) is 0 Å². The van der Waals surface area contributed by atoms with Crippen LogP contribution >= 0.6 is 0 Å². The van der Waals surface area contributed by atoms with Gasteiger partial charge in [0, 0.05) is 26.8 Å². The van der Waals surface area contributed by atoms with Crippen molar-refractivity contribution in [3.8, 4) is 5.88 Å². The van der Waals surface area contributed by atoms with E-state index < -0.39 is 0 Å². The van der Waals surface area contributed by atoms with Gasteiger partial charge in [-0.1, -0.05) is 12.1 Å². The number of benzene rings is 1. The third-order valence-corrected chi connectivity index (χ3v) is 3.60. The van der Waals surface area contributed by atoms with E-state index >= 15 is 0 Å². The molecule has 0 unspecified atom stereocenters. The molecule has 0 aliphatic heterocycles. The van der Waals surface area contributed by atoms with Gasteiger partial charge in [0.15, 0.2) is 0 Å². The Labute approximate surface area is 145 Å². The molecule has 0 bridgehead atoms. The molecule has 25 heavy (non-hydrogen) atoms. The standard InChI is InChI=1S/C17H21FN4O3/c1-21(17(24)14-10-22(2)20-16(14)25-3)11-15(23)19-9-8-12-4-6-13(18)7-5-12/h4-7,10H,8-9,11H2,1-3H3,(H,19,23). The molecule has 1 N–H and O–H groups in total. The number of likely N-dealkylation sites (N-methyl/N-ethyl adjacent to an activating group) is 1. The summed E-state index contributed by atoms with van der Waals surface area (Å²) in [7, 11) is 4.65. The maximum absolute atomic E-state index is 12.8. The van der Waals surface area contributed by atoms with Crippen LogP contribution in [0, 0.1) is 5.82 Å². The number of rotatable bonds is 7. The molecule has 0 saturated heterocycles. The highest BCUT2D eigenvalue weighted by atomic mass is 19.1. The van der Waals surface area contributed by atoms with E-state index in [2.05, 4.69) is 10.4 Å². The van der Waals surface area contributed by atoms with Crippen molar-refractivity contribution in [1.29, 1.82) is 0 Å². The summed E-state index contributed by atoms with van der Waals surface area (Å²) in [6, 6.07) is 6.10. The number of amides is 2. The first-order chi connectivity index (χ1) is 11.9. The van der Waals surface area contributed by atoms with Crippen molar-refractivity contribution in [3.05, 3.63) is 47.4 Å². The maximum atomic E-state index is 12.8. The fourth-order valence-electron chi connectivity index (χ4n) is 2.31. The van der Waals surface area contributed by atoms with Gasteiger partial charge in [-0.15, -0.1) is 5.10 Å². The fraction of sp³-hybridized carbons (Fsp3) is 0.353. The lowest BCUT2D eigenvalue weighted by Gasteiger charge is -2.16. The summed E-state index contributed by atoms with van der Waals surface area (Å²) in [5.74, 6) is -0.700. The van der Waals surface area contributed by atoms with E-state index in [1.165, 1.54) is 35.9 Å². The van der Waals surface area contributed by atoms with Gasteiger partial charge in [-0.2, -0.15) is 0 Å². The lowest BCUT2D eigenvalue weighted by molar-refractivity contribution is -0.121. The molecule has 0 aliphatic carbocycles. The molecule has 0 spiro atoms. The fourth-order valence-corrected chi connectivity index (χ4v) is 2.31. The summed E-state index contributed by atoms with van der Waals surface area (Å²) in [5.41, 5.74) is 1.22. The lowest BCUT2D eigenvalue weighted by atomic mass is 10.1. The first-order valence-corrected chi connectivity index (χ1v) is 7.75. The highest BCUT2D eigenvalue weighted by molar-refractivity contribution is 5.98. The Bertz CT molecular complexity index is 743. The van der Waals surface area contributed by atoms with Crippen LogP contribution in [-0.4, -0.2) is 53.7 Å². The Kier molecular flexibility index (Phi) is 6.10. The number of methoxy groups -OCH3 is 1. The van der Waals surface area contributed by atoms with E-state index in [0.717, 1.165) is 5.56 Å². The number of nitrogens with one attached hydrogen (secondary N) is 1. The summed E-state index contributed by atoms with van der Waals surface area (Å²) >= 11 is 0. The monoisotopic (exact) mass is 348 g/mol. The molecule has 1 heterocycles. The number of carbonyl (C=O) groups excluding carboxylic acids is 2. The zero-order valence-corrected chi connectivity index (χ0v) is 14.5. The molecular weight excluding hydrogens is 327 g/mol. The lowest BCUT2D eigenvalue weighted by Crippen LogP contribution is -2.39. The van der Waals surface area contributed by atoms with Crippen molar-refractivity contribution in [3.63, 3.8) is 0 Å². The number of ether oxygens (including phenoxy) is 1. The third kappa shape index (κ3) is 5.03. The van der Waals surface area contributed by atoms with Gasteiger partial charge in [0.25, 0.3) is 5.91 Å². The van der Waals surface area contributed by atoms with Crippen LogP contribution in [-0.2, 0) is 18.3 Å². The molecule has 2 amide bonds. The van der Waals surface area contributed by atoms with Gasteiger partial charge >= 0.3 is 0 Å². The number of hydrogen-bond acceptors (Lipinski definition) is 4. The van der Waals surface area contributed by atoms with Crippen LogP contribution in [0.4, 0.5) is 4.39 Å². The molecule has 0 atom stereocenters. The van der Waals surface area contributed by atoms with E-state index in [1.807, 2.05) is 0 Å². The van der Waals surface area contributed by atoms with Crippen LogP contribution in [0.15, 0.2) is 30.5 Å². The third-order valence-electron chi connectivity index (χ3n) is 3.60. The molecule has 1 aromatic heterocycles. The van der Waals surface area contributed by atoms with E-state index in [-0.39, 0.29) is 30.1 Å². The molecule has 7 nitrogen and oxygen atoms in total. The molecule has 0 saturated carbocycles. The molecule has 1 aromatic carbocycles. The van der Waals surface area contributed by atoms with Gasteiger partial charge in [-0.3, -0.25) is 14.3 Å². The van der Waals surface area contributed by atoms with Crippen LogP contribution in [0.1, 0.15) is 15.9 Å². The summed E-state index contributed by atoms with van der Waals surface area (Å²) in [6.45, 7) is 0.322. The zero-order chi connectivity index (χ0) is 18.4. The number of halogens is 1. The summed E-state index contributed by atoms with van der Waals surface area (Å²) in [5, 5.41) is 6.76. The Morgan fingerprint density at radius 1 is 1.32 bits per heavy atom. The largest absolute Gasteiger partial charge is 0.479 e. The second-order valence-electron chi connectivity index (χ2n) is 5.61. The van der Waals surface area contributed by atoms with Crippen LogP contribution < -0.4 is 10.1 Å². The Hall–Kier alpha value is -2.90. The molecule has 8 heteroatoms. The molecule has 0 radical (unpaired) electrons. The first-order valence-electron chi connectivity index (χ1n) is 7.75. The smallest absolute Gasteiger partial charge is 0.261 e. The van der Waals surface area contributed by atoms with Crippen molar-refractivity contribution in [2.75, 3.05) is 27.2 Å². The van der Waals surface area contributed by atoms with Gasteiger partial charge in [0.05, 0.1) is 13.7 Å². The number of aromatic nitrogens is 2. The molecule has 134 valence electrons. The normalized spacial score (nSPS) is 10.4. The average molecular weight is 348 g/mol. The number of aryl methyl sites for hydroxylation is 1. The van der Waals surface area contributed by atoms with Crippen molar-refractivity contribution >= 4 is 11.8 Å². The minimum atomic E-state index is -0.348. The van der Waals surface area contributed by atoms with E-state index in [1.54, 1.807) is 25.4 Å². The number of nitrogens with zero attached hydrogens (tertiary/aromatic N) is 3. The van der Waals surface area contributed by atoms with E-state index in [9.17, 15) is 14.0 Å². The first kappa shape index (κ1) is 18.4. The second kappa shape index (κ2) is 8.27. The number of hydrogen-bond donors (Lipinski definition) is 1. The topological polar surface area (TPSA) is 76.5 Å². The zero-order valence-electron chi connectivity index (χ0n) is 14.5. The van der Waals surface area contributed by atoms with E-state index in [4.69, 9.17) is 4.74 Å². The van der Waals surface area contributed by atoms with Crippen LogP contribution in [0.5, 0.6) is 5.88 Å². The molecule has 0 fully saturated rings. The van der Waals surface area contributed by atoms with Gasteiger partial charge < -0.3 is 15.0 Å². The van der Waals surface area contributed by atoms with Gasteiger partial charge in [0.1, 0.15) is 11.4 Å². The Morgan fingerprint density at radius 3 is 2.64 bits per heavy atom. The van der Waals surface area contributed by atoms with Gasteiger partial charge in [0.2, 0.25) is 11.8 Å². The van der Waals surface area contributed by atoms with Crippen molar-refractivity contribution in [2.24, 2.45) is 7.05 Å². The molecular formula is C17H21FN4O3. The molecule has 2 rings (SSSR count). The van der Waals surface area contributed by atoms with Crippen LogP contribution in [0.2, 0.25) is 0 Å². The summed E-state index contributed by atoms with van der Waals surface area (Å²) in [6.07, 6.45) is 2.13. The number of carbonyl (C=O) groups is 2. The predicted octanol–water partition coefficient (Wildman–Crippen LogP) is 0.999. The van der Waals surface area contributed by atoms with Crippen molar-refractivity contribution in [2.45, 2.75) is 6.42 Å². The maximum Gasteiger partial charge on any atom is 0.261 e. The van der Waals surface area contributed by atoms with Crippen molar-refractivity contribution < 1.29 is 18.7 Å². The molecule has 0 aliphatic rings. The minimum absolute atomic E-state index is 0.0830. The second-order valence-corrected chi connectivity index (χ2v) is 5.61. The Morgan fingerprint density at radius 2 is 2.00 bits per heavy atom. The SMILES string of the molecule is COc1nn(C)cc1C(=O)N(C)CC(=O)NCCc1ccc(F)cc1. The van der Waals surface area contributed by atoms with Crippen LogP contribution in [0.3, 0.4) is 0 Å². The summed E-state index contributed by atoms with van der Waals surface area (Å²) < 4.78 is 19.4. The highest BCUT2D eigenvalue weighted by Crippen LogP contribution is 2.16. The average Bonchev–Trinajstić information content (AvgIpc) is 2.96. The van der Waals surface area contributed by atoms with Crippen molar-refractivity contribution in [1.82, 2.24) is 20.0 Å². The Balaban J connectivity index is 1.82. The van der Waals surface area contributed by atoms with E-state index in [0.29, 0.717) is 18.5 Å². The van der Waals surface area contributed by atoms with Gasteiger partial charge in [-0.05, 0) is 24.1 Å². The molecule has 2 aromatic rings. The minimum Gasteiger partial charge on any atom is -0.479 e. The van der Waals surface area contributed by atoms with Gasteiger partial charge in [-0.25, -0.2) is 4.39 Å². The predicted molar refractivity (Wildman–Crippen MR) is 89.8 cm³/mol.